The van der Waals surface area contributed by atoms with E-state index in [9.17, 15) is 0 Å². The number of hydrogen-bond acceptors (Lipinski definition) is 3. The van der Waals surface area contributed by atoms with Crippen LogP contribution in [0.3, 0.4) is 0 Å². The first kappa shape index (κ1) is 15.4. The van der Waals surface area contributed by atoms with Crippen LogP contribution in [-0.2, 0) is 13.5 Å². The van der Waals surface area contributed by atoms with Crippen molar-refractivity contribution in [2.45, 2.75) is 19.4 Å². The first-order valence-corrected chi connectivity index (χ1v) is 9.22. The molecule has 0 radical (unpaired) electrons. The van der Waals surface area contributed by atoms with Crippen LogP contribution < -0.4 is 5.32 Å². The Morgan fingerprint density at radius 1 is 1.12 bits per heavy atom. The standard InChI is InChI=1S/C20H21N3S/c1-14(20-22-17-8-4-5-9-18(17)23(20)2)21-12-11-15-13-24-19-10-6-3-7-16(15)19/h3-10,13-14,21H,11-12H2,1-2H3. The van der Waals surface area contributed by atoms with Gasteiger partial charge in [-0.3, -0.25) is 0 Å². The van der Waals surface area contributed by atoms with Crippen molar-refractivity contribution in [2.75, 3.05) is 6.54 Å². The fourth-order valence-corrected chi connectivity index (χ4v) is 4.29. The Balaban J connectivity index is 1.46. The lowest BCUT2D eigenvalue weighted by Gasteiger charge is -2.13. The fraction of sp³-hybridized carbons (Fsp3) is 0.250. The number of nitrogens with one attached hydrogen (secondary N) is 1. The van der Waals surface area contributed by atoms with E-state index >= 15 is 0 Å². The molecule has 0 saturated carbocycles. The average Bonchev–Trinajstić information content (AvgIpc) is 3.17. The highest BCUT2D eigenvalue weighted by atomic mass is 32.1. The van der Waals surface area contributed by atoms with Gasteiger partial charge in [-0.05, 0) is 54.4 Å². The zero-order chi connectivity index (χ0) is 16.5. The van der Waals surface area contributed by atoms with Crippen molar-refractivity contribution in [3.05, 3.63) is 65.3 Å². The van der Waals surface area contributed by atoms with Gasteiger partial charge in [0.1, 0.15) is 5.82 Å². The van der Waals surface area contributed by atoms with Crippen molar-refractivity contribution in [2.24, 2.45) is 7.05 Å². The van der Waals surface area contributed by atoms with Gasteiger partial charge in [0.2, 0.25) is 0 Å². The first-order chi connectivity index (χ1) is 11.7. The summed E-state index contributed by atoms with van der Waals surface area (Å²) in [6, 6.07) is 17.2. The summed E-state index contributed by atoms with van der Waals surface area (Å²) >= 11 is 1.83. The summed E-state index contributed by atoms with van der Waals surface area (Å²) in [4.78, 5) is 4.78. The molecule has 4 rings (SSSR count). The van der Waals surface area contributed by atoms with E-state index in [4.69, 9.17) is 4.98 Å². The van der Waals surface area contributed by atoms with Crippen molar-refractivity contribution < 1.29 is 0 Å². The van der Waals surface area contributed by atoms with Gasteiger partial charge in [-0.2, -0.15) is 0 Å². The molecular weight excluding hydrogens is 314 g/mol. The smallest absolute Gasteiger partial charge is 0.126 e. The molecule has 0 amide bonds. The van der Waals surface area contributed by atoms with E-state index in [2.05, 4.69) is 71.7 Å². The third-order valence-electron chi connectivity index (χ3n) is 4.62. The molecule has 0 aliphatic carbocycles. The van der Waals surface area contributed by atoms with E-state index in [1.807, 2.05) is 17.4 Å². The van der Waals surface area contributed by atoms with Crippen LogP contribution in [0.15, 0.2) is 53.9 Å². The van der Waals surface area contributed by atoms with Gasteiger partial charge in [-0.1, -0.05) is 30.3 Å². The molecule has 0 fully saturated rings. The van der Waals surface area contributed by atoms with E-state index in [0.717, 1.165) is 24.3 Å². The third kappa shape index (κ3) is 2.72. The molecule has 0 saturated heterocycles. The largest absolute Gasteiger partial charge is 0.330 e. The average molecular weight is 335 g/mol. The molecule has 1 unspecified atom stereocenters. The Morgan fingerprint density at radius 2 is 1.92 bits per heavy atom. The molecular formula is C20H21N3S. The minimum atomic E-state index is 0.229. The maximum absolute atomic E-state index is 4.78. The summed E-state index contributed by atoms with van der Waals surface area (Å²) in [7, 11) is 2.09. The number of imidazole rings is 1. The number of fused-ring (bicyclic) bond motifs is 2. The predicted molar refractivity (Wildman–Crippen MR) is 103 cm³/mol. The van der Waals surface area contributed by atoms with Gasteiger partial charge in [0.25, 0.3) is 0 Å². The number of thiophene rings is 1. The van der Waals surface area contributed by atoms with Gasteiger partial charge in [0.05, 0.1) is 17.1 Å². The van der Waals surface area contributed by atoms with Crippen LogP contribution >= 0.6 is 11.3 Å². The SMILES string of the molecule is CC(NCCc1csc2ccccc12)c1nc2ccccc2n1C. The van der Waals surface area contributed by atoms with Crippen molar-refractivity contribution in [3.8, 4) is 0 Å². The second kappa shape index (κ2) is 6.38. The van der Waals surface area contributed by atoms with Crippen molar-refractivity contribution in [3.63, 3.8) is 0 Å². The molecule has 0 aliphatic heterocycles. The topological polar surface area (TPSA) is 29.9 Å². The summed E-state index contributed by atoms with van der Waals surface area (Å²) < 4.78 is 3.56. The minimum Gasteiger partial charge on any atom is -0.330 e. The van der Waals surface area contributed by atoms with E-state index in [1.165, 1.54) is 21.2 Å². The minimum absolute atomic E-state index is 0.229. The highest BCUT2D eigenvalue weighted by molar-refractivity contribution is 7.17. The molecule has 0 bridgehead atoms. The molecule has 122 valence electrons. The van der Waals surface area contributed by atoms with Gasteiger partial charge in [-0.15, -0.1) is 11.3 Å². The molecule has 4 heteroatoms. The van der Waals surface area contributed by atoms with Crippen LogP contribution in [0.2, 0.25) is 0 Å². The fourth-order valence-electron chi connectivity index (χ4n) is 3.29. The maximum atomic E-state index is 4.78. The van der Waals surface area contributed by atoms with Gasteiger partial charge in [0.15, 0.2) is 0 Å². The number of aromatic nitrogens is 2. The molecule has 2 heterocycles. The monoisotopic (exact) mass is 335 g/mol. The molecule has 1 N–H and O–H groups in total. The summed E-state index contributed by atoms with van der Waals surface area (Å²) in [5.74, 6) is 1.09. The lowest BCUT2D eigenvalue weighted by atomic mass is 10.1. The Labute approximate surface area is 146 Å². The Bertz CT molecular complexity index is 983. The lowest BCUT2D eigenvalue weighted by Crippen LogP contribution is -2.23. The maximum Gasteiger partial charge on any atom is 0.126 e. The Kier molecular flexibility index (Phi) is 4.08. The highest BCUT2D eigenvalue weighted by Gasteiger charge is 2.13. The van der Waals surface area contributed by atoms with Crippen molar-refractivity contribution >= 4 is 32.5 Å². The zero-order valence-electron chi connectivity index (χ0n) is 14.0. The predicted octanol–water partition coefficient (Wildman–Crippen LogP) is 4.68. The number of hydrogen-bond donors (Lipinski definition) is 1. The quantitative estimate of drug-likeness (QED) is 0.574. The van der Waals surface area contributed by atoms with Crippen molar-refractivity contribution in [1.82, 2.24) is 14.9 Å². The van der Waals surface area contributed by atoms with Crippen LogP contribution in [0.25, 0.3) is 21.1 Å². The Morgan fingerprint density at radius 3 is 2.79 bits per heavy atom. The van der Waals surface area contributed by atoms with Gasteiger partial charge in [0, 0.05) is 11.7 Å². The number of rotatable bonds is 5. The van der Waals surface area contributed by atoms with Gasteiger partial charge < -0.3 is 9.88 Å². The zero-order valence-corrected chi connectivity index (χ0v) is 14.8. The first-order valence-electron chi connectivity index (χ1n) is 8.34. The highest BCUT2D eigenvalue weighted by Crippen LogP contribution is 2.26. The molecule has 2 aromatic heterocycles. The van der Waals surface area contributed by atoms with E-state index < -0.39 is 0 Å². The summed E-state index contributed by atoms with van der Waals surface area (Å²) in [6.07, 6.45) is 1.04. The van der Waals surface area contributed by atoms with E-state index in [0.29, 0.717) is 0 Å². The molecule has 2 aromatic carbocycles. The van der Waals surface area contributed by atoms with E-state index in [1.54, 1.807) is 0 Å². The van der Waals surface area contributed by atoms with E-state index in [-0.39, 0.29) is 6.04 Å². The number of aryl methyl sites for hydroxylation is 1. The van der Waals surface area contributed by atoms with Crippen LogP contribution in [0, 0.1) is 0 Å². The number of benzene rings is 2. The van der Waals surface area contributed by atoms with Gasteiger partial charge in [-0.25, -0.2) is 4.98 Å². The normalized spacial score (nSPS) is 12.9. The second-order valence-electron chi connectivity index (χ2n) is 6.20. The van der Waals surface area contributed by atoms with Crippen LogP contribution in [-0.4, -0.2) is 16.1 Å². The molecule has 3 nitrogen and oxygen atoms in total. The third-order valence-corrected chi connectivity index (χ3v) is 5.63. The summed E-state index contributed by atoms with van der Waals surface area (Å²) in [6.45, 7) is 3.14. The number of nitrogens with zero attached hydrogens (tertiary/aromatic N) is 2. The van der Waals surface area contributed by atoms with Crippen LogP contribution in [0.1, 0.15) is 24.4 Å². The summed E-state index contributed by atoms with van der Waals surface area (Å²) in [5, 5.41) is 7.30. The molecule has 0 spiro atoms. The molecule has 1 atom stereocenters. The molecule has 0 aliphatic rings. The van der Waals surface area contributed by atoms with Gasteiger partial charge >= 0.3 is 0 Å². The lowest BCUT2D eigenvalue weighted by molar-refractivity contribution is 0.537. The second-order valence-corrected chi connectivity index (χ2v) is 7.11. The van der Waals surface area contributed by atoms with Crippen molar-refractivity contribution in [1.29, 1.82) is 0 Å². The molecule has 24 heavy (non-hydrogen) atoms. The van der Waals surface area contributed by atoms with Crippen LogP contribution in [0.4, 0.5) is 0 Å². The summed E-state index contributed by atoms with van der Waals surface area (Å²) in [5.41, 5.74) is 3.68. The number of para-hydroxylation sites is 2. The van der Waals surface area contributed by atoms with Crippen LogP contribution in [0.5, 0.6) is 0 Å². The molecule has 4 aromatic rings. The Hall–Kier alpha value is -2.17.